The van der Waals surface area contributed by atoms with Crippen LogP contribution in [0, 0.1) is 44.5 Å². The maximum absolute atomic E-state index is 11.5. The molecular weight excluding hydrogens is 404 g/mol. The van der Waals surface area contributed by atoms with Gasteiger partial charge in [0.05, 0.1) is 18.8 Å². The zero-order chi connectivity index (χ0) is 21.9. The van der Waals surface area contributed by atoms with Crippen LogP contribution in [0.2, 0.25) is 0 Å². The first-order chi connectivity index (χ1) is 14.4. The van der Waals surface area contributed by atoms with Crippen LogP contribution in [0.1, 0.15) is 40.7 Å². The largest absolute Gasteiger partial charge is 0.491 e. The van der Waals surface area contributed by atoms with Gasteiger partial charge in [-0.05, 0) is 73.9 Å². The molecule has 0 saturated heterocycles. The first-order valence-electron chi connectivity index (χ1n) is 10.1. The van der Waals surface area contributed by atoms with E-state index >= 15 is 0 Å². The molecular formula is C24H29ClO5. The maximum Gasteiger partial charge on any atom is 0.252 e. The van der Waals surface area contributed by atoms with Crippen LogP contribution >= 0.6 is 11.6 Å². The Balaban J connectivity index is 1.77. The molecule has 1 aromatic carbocycles. The summed E-state index contributed by atoms with van der Waals surface area (Å²) in [6.07, 6.45) is 13.3. The summed E-state index contributed by atoms with van der Waals surface area (Å²) in [5.41, 5.74) is 2.12. The lowest BCUT2D eigenvalue weighted by Gasteiger charge is -2.34. The minimum Gasteiger partial charge on any atom is -0.491 e. The van der Waals surface area contributed by atoms with Crippen molar-refractivity contribution in [2.75, 3.05) is 33.0 Å². The molecule has 0 heterocycles. The molecule has 5 nitrogen and oxygen atoms in total. The molecule has 0 bridgehead atoms. The fraction of sp³-hybridized carbons (Fsp3) is 0.542. The number of aryl methyl sites for hydroxylation is 2. The molecule has 162 valence electrons. The van der Waals surface area contributed by atoms with Crippen molar-refractivity contribution in [3.8, 4) is 30.4 Å². The molecule has 0 amide bonds. The molecule has 0 aliphatic heterocycles. The lowest BCUT2D eigenvalue weighted by Crippen LogP contribution is -2.35. The van der Waals surface area contributed by atoms with Crippen molar-refractivity contribution < 1.29 is 23.7 Å². The number of benzene rings is 1. The van der Waals surface area contributed by atoms with Crippen molar-refractivity contribution in [1.82, 2.24) is 0 Å². The second-order valence-electron chi connectivity index (χ2n) is 7.48. The highest BCUT2D eigenvalue weighted by molar-refractivity contribution is 6.68. The fourth-order valence-corrected chi connectivity index (χ4v) is 4.15. The van der Waals surface area contributed by atoms with E-state index in [4.69, 9.17) is 43.4 Å². The van der Waals surface area contributed by atoms with E-state index < -0.39 is 5.24 Å². The van der Waals surface area contributed by atoms with Gasteiger partial charge in [-0.3, -0.25) is 4.79 Å². The molecule has 2 atom stereocenters. The number of carbonyl (C=O) groups is 1. The van der Waals surface area contributed by atoms with Gasteiger partial charge in [-0.25, -0.2) is 0 Å². The van der Waals surface area contributed by atoms with Gasteiger partial charge in [-0.1, -0.05) is 11.8 Å². The van der Waals surface area contributed by atoms with Gasteiger partial charge >= 0.3 is 0 Å². The third-order valence-electron chi connectivity index (χ3n) is 5.08. The second-order valence-corrected chi connectivity index (χ2v) is 7.82. The highest BCUT2D eigenvalue weighted by atomic mass is 35.5. The monoisotopic (exact) mass is 432 g/mol. The molecule has 2 rings (SSSR count). The summed E-state index contributed by atoms with van der Waals surface area (Å²) in [5.74, 6) is 6.02. The number of hydrogen-bond donors (Lipinski definition) is 0. The molecule has 0 spiro atoms. The van der Waals surface area contributed by atoms with E-state index in [0.717, 1.165) is 30.4 Å². The zero-order valence-corrected chi connectivity index (χ0v) is 18.4. The SMILES string of the molecule is C#CCOC1CC(COCCOc2cc(C)c(C(=O)Cl)c(C)c2)CC(OCC#C)C1. The Labute approximate surface area is 184 Å². The van der Waals surface area contributed by atoms with Gasteiger partial charge in [0.15, 0.2) is 0 Å². The average Bonchev–Trinajstić information content (AvgIpc) is 2.69. The minimum atomic E-state index is -0.457. The summed E-state index contributed by atoms with van der Waals surface area (Å²) < 4.78 is 23.0. The van der Waals surface area contributed by atoms with E-state index in [1.165, 1.54) is 0 Å². The molecule has 0 aromatic heterocycles. The van der Waals surface area contributed by atoms with Gasteiger partial charge in [-0.15, -0.1) is 12.8 Å². The lowest BCUT2D eigenvalue weighted by atomic mass is 9.85. The molecule has 1 aliphatic carbocycles. The maximum atomic E-state index is 11.5. The van der Waals surface area contributed by atoms with Gasteiger partial charge in [0.2, 0.25) is 0 Å². The van der Waals surface area contributed by atoms with E-state index in [9.17, 15) is 4.79 Å². The van der Waals surface area contributed by atoms with E-state index in [1.807, 2.05) is 26.0 Å². The van der Waals surface area contributed by atoms with E-state index in [1.54, 1.807) is 0 Å². The Morgan fingerprint density at radius 3 is 2.10 bits per heavy atom. The predicted molar refractivity (Wildman–Crippen MR) is 117 cm³/mol. The summed E-state index contributed by atoms with van der Waals surface area (Å²) in [4.78, 5) is 11.5. The van der Waals surface area contributed by atoms with Crippen LogP contribution < -0.4 is 4.74 Å². The average molecular weight is 433 g/mol. The predicted octanol–water partition coefficient (Wildman–Crippen LogP) is 3.91. The zero-order valence-electron chi connectivity index (χ0n) is 17.6. The molecule has 1 aliphatic rings. The van der Waals surface area contributed by atoms with Crippen LogP contribution in [0.4, 0.5) is 0 Å². The van der Waals surface area contributed by atoms with Gasteiger partial charge in [0, 0.05) is 12.2 Å². The molecule has 0 radical (unpaired) electrons. The number of halogens is 1. The molecule has 0 N–H and O–H groups in total. The van der Waals surface area contributed by atoms with Crippen LogP contribution in [0.5, 0.6) is 5.75 Å². The van der Waals surface area contributed by atoms with Crippen molar-refractivity contribution in [3.05, 3.63) is 28.8 Å². The van der Waals surface area contributed by atoms with E-state index in [0.29, 0.717) is 50.3 Å². The minimum absolute atomic E-state index is 0.0523. The summed E-state index contributed by atoms with van der Waals surface area (Å²) in [6.45, 7) is 5.72. The molecule has 1 fully saturated rings. The Bertz CT molecular complexity index is 743. The Morgan fingerprint density at radius 1 is 1.03 bits per heavy atom. The topological polar surface area (TPSA) is 54.0 Å². The molecule has 1 saturated carbocycles. The molecule has 1 aromatic rings. The Kier molecular flexibility index (Phi) is 10.2. The van der Waals surface area contributed by atoms with Crippen LogP contribution in [-0.2, 0) is 14.2 Å². The Hall–Kier alpha value is -2.02. The first-order valence-corrected chi connectivity index (χ1v) is 10.4. The van der Waals surface area contributed by atoms with Crippen LogP contribution in [0.3, 0.4) is 0 Å². The van der Waals surface area contributed by atoms with Crippen molar-refractivity contribution in [3.63, 3.8) is 0 Å². The van der Waals surface area contributed by atoms with E-state index in [-0.39, 0.29) is 12.2 Å². The third kappa shape index (κ3) is 7.67. The van der Waals surface area contributed by atoms with Crippen LogP contribution in [0.15, 0.2) is 12.1 Å². The van der Waals surface area contributed by atoms with Gasteiger partial charge in [-0.2, -0.15) is 0 Å². The second kappa shape index (κ2) is 12.6. The van der Waals surface area contributed by atoms with Crippen LogP contribution in [0.25, 0.3) is 0 Å². The van der Waals surface area contributed by atoms with Crippen LogP contribution in [-0.4, -0.2) is 50.5 Å². The number of ether oxygens (including phenoxy) is 4. The number of rotatable bonds is 11. The van der Waals surface area contributed by atoms with Gasteiger partial charge in [0.1, 0.15) is 25.6 Å². The number of carbonyl (C=O) groups excluding carboxylic acids is 1. The number of terminal acetylenes is 2. The van der Waals surface area contributed by atoms with E-state index in [2.05, 4.69) is 11.8 Å². The lowest BCUT2D eigenvalue weighted by molar-refractivity contribution is -0.0618. The third-order valence-corrected chi connectivity index (χ3v) is 5.26. The van der Waals surface area contributed by atoms with Gasteiger partial charge in [0.25, 0.3) is 5.24 Å². The smallest absolute Gasteiger partial charge is 0.252 e. The van der Waals surface area contributed by atoms with Gasteiger partial charge < -0.3 is 18.9 Å². The Morgan fingerprint density at radius 2 is 1.60 bits per heavy atom. The highest BCUT2D eigenvalue weighted by Gasteiger charge is 2.30. The van der Waals surface area contributed by atoms with Crippen molar-refractivity contribution in [2.45, 2.75) is 45.3 Å². The summed E-state index contributed by atoms with van der Waals surface area (Å²) >= 11 is 5.63. The molecule has 30 heavy (non-hydrogen) atoms. The van der Waals surface area contributed by atoms with Crippen molar-refractivity contribution in [2.24, 2.45) is 5.92 Å². The first kappa shape index (κ1) is 24.3. The summed E-state index contributed by atoms with van der Waals surface area (Å²) in [6, 6.07) is 3.62. The number of hydrogen-bond acceptors (Lipinski definition) is 5. The standard InChI is InChI=1S/C24H29ClO5/c1-5-7-28-21-13-19(14-22(15-21)29-8-6-2)16-27-9-10-30-20-11-17(3)23(24(25)26)18(4)12-20/h1-2,11-12,19,21-22H,7-10,13-16H2,3-4H3. The summed E-state index contributed by atoms with van der Waals surface area (Å²) in [5, 5.41) is -0.457. The fourth-order valence-electron chi connectivity index (χ4n) is 3.85. The molecule has 2 unspecified atom stereocenters. The quantitative estimate of drug-likeness (QED) is 0.301. The molecule has 6 heteroatoms. The van der Waals surface area contributed by atoms with Crippen molar-refractivity contribution in [1.29, 1.82) is 0 Å². The normalized spacial score (nSPS) is 20.9. The van der Waals surface area contributed by atoms with Crippen molar-refractivity contribution >= 4 is 16.8 Å². The summed E-state index contributed by atoms with van der Waals surface area (Å²) in [7, 11) is 0. The highest BCUT2D eigenvalue weighted by Crippen LogP contribution is 2.29.